The van der Waals surface area contributed by atoms with Crippen LogP contribution in [0.25, 0.3) is 0 Å². The van der Waals surface area contributed by atoms with E-state index in [1.54, 1.807) is 90.9 Å². The summed E-state index contributed by atoms with van der Waals surface area (Å²) in [6.45, 7) is 15.7. The van der Waals surface area contributed by atoms with Crippen LogP contribution in [0.3, 0.4) is 0 Å². The summed E-state index contributed by atoms with van der Waals surface area (Å²) in [6.07, 6.45) is -0.567. The maximum absolute atomic E-state index is 14.0. The number of aliphatic carboxylic acids is 1. The van der Waals surface area contributed by atoms with E-state index in [9.17, 15) is 34.2 Å². The highest BCUT2D eigenvalue weighted by Gasteiger charge is 2.35. The monoisotopic (exact) mass is 741 g/mol. The van der Waals surface area contributed by atoms with Gasteiger partial charge in [0.2, 0.25) is 23.6 Å². The normalized spacial score (nSPS) is 15.3. The Balaban J connectivity index is 2.36. The summed E-state index contributed by atoms with van der Waals surface area (Å²) in [4.78, 5) is 67.0. The number of nitrogens with two attached hydrogens (primary N) is 1. The van der Waals surface area contributed by atoms with Crippen LogP contribution in [0.15, 0.2) is 54.6 Å². The second kappa shape index (κ2) is 20.1. The maximum Gasteiger partial charge on any atom is 0.328 e. The molecule has 294 valence electrons. The Bertz CT molecular complexity index is 1500. The lowest BCUT2D eigenvalue weighted by Crippen LogP contribution is -2.60. The Hall–Kier alpha value is -4.53. The molecular formula is C39H59N5O9. The summed E-state index contributed by atoms with van der Waals surface area (Å²) in [5.74, 6) is -4.09. The predicted molar refractivity (Wildman–Crippen MR) is 201 cm³/mol. The van der Waals surface area contributed by atoms with Gasteiger partial charge in [-0.15, -0.1) is 0 Å². The Kier molecular flexibility index (Phi) is 16.9. The molecule has 0 saturated heterocycles. The van der Waals surface area contributed by atoms with Crippen molar-refractivity contribution in [2.24, 2.45) is 11.7 Å². The lowest BCUT2D eigenvalue weighted by atomic mass is 10.00. The molecule has 0 saturated carbocycles. The van der Waals surface area contributed by atoms with E-state index in [0.717, 1.165) is 0 Å². The number of amides is 4. The van der Waals surface area contributed by atoms with Gasteiger partial charge in [0, 0.05) is 6.42 Å². The molecule has 0 aliphatic heterocycles. The molecule has 6 atom stereocenters. The fourth-order valence-corrected chi connectivity index (χ4v) is 5.34. The molecule has 0 radical (unpaired) electrons. The van der Waals surface area contributed by atoms with Crippen molar-refractivity contribution in [3.63, 3.8) is 0 Å². The van der Waals surface area contributed by atoms with Crippen LogP contribution in [0.4, 0.5) is 0 Å². The molecule has 0 unspecified atom stereocenters. The van der Waals surface area contributed by atoms with Gasteiger partial charge in [-0.2, -0.15) is 0 Å². The van der Waals surface area contributed by atoms with E-state index in [-0.39, 0.29) is 37.5 Å². The smallest absolute Gasteiger partial charge is 0.328 e. The summed E-state index contributed by atoms with van der Waals surface area (Å²) >= 11 is 0. The van der Waals surface area contributed by atoms with Gasteiger partial charge in [-0.3, -0.25) is 19.2 Å². The van der Waals surface area contributed by atoms with E-state index < -0.39 is 77.1 Å². The molecule has 14 heteroatoms. The van der Waals surface area contributed by atoms with Crippen LogP contribution < -0.4 is 27.0 Å². The van der Waals surface area contributed by atoms with Crippen LogP contribution in [0.1, 0.15) is 79.9 Å². The van der Waals surface area contributed by atoms with Crippen molar-refractivity contribution in [3.8, 4) is 5.75 Å². The highest BCUT2D eigenvalue weighted by Crippen LogP contribution is 2.15. The predicted octanol–water partition coefficient (Wildman–Crippen LogP) is 2.59. The second-order valence-electron chi connectivity index (χ2n) is 15.7. The van der Waals surface area contributed by atoms with E-state index >= 15 is 0 Å². The van der Waals surface area contributed by atoms with Gasteiger partial charge < -0.3 is 46.7 Å². The summed E-state index contributed by atoms with van der Waals surface area (Å²) in [6, 6.07) is 9.09. The third kappa shape index (κ3) is 16.8. The summed E-state index contributed by atoms with van der Waals surface area (Å²) < 4.78 is 11.7. The van der Waals surface area contributed by atoms with Gasteiger partial charge in [0.25, 0.3) is 0 Å². The van der Waals surface area contributed by atoms with E-state index in [4.69, 9.17) is 15.2 Å². The van der Waals surface area contributed by atoms with Gasteiger partial charge in [-0.1, -0.05) is 56.3 Å². The first kappa shape index (κ1) is 44.6. The Morgan fingerprint density at radius 1 is 0.679 bits per heavy atom. The zero-order chi connectivity index (χ0) is 40.1. The average molecular weight is 742 g/mol. The molecule has 0 aliphatic rings. The lowest BCUT2D eigenvalue weighted by molar-refractivity contribution is -0.150. The molecule has 14 nitrogen and oxygen atoms in total. The zero-order valence-corrected chi connectivity index (χ0v) is 32.4. The third-order valence-corrected chi connectivity index (χ3v) is 7.87. The van der Waals surface area contributed by atoms with Crippen molar-refractivity contribution in [2.75, 3.05) is 6.61 Å². The first-order chi connectivity index (χ1) is 24.5. The van der Waals surface area contributed by atoms with E-state index in [1.165, 1.54) is 12.1 Å². The average Bonchev–Trinajstić information content (AvgIpc) is 3.04. The van der Waals surface area contributed by atoms with Crippen LogP contribution in [0.2, 0.25) is 0 Å². The summed E-state index contributed by atoms with van der Waals surface area (Å²) in [5.41, 5.74) is 6.24. The van der Waals surface area contributed by atoms with Crippen molar-refractivity contribution < 1.29 is 43.7 Å². The number of carboxylic acids is 1. The number of hydrogen-bond donors (Lipinski definition) is 7. The van der Waals surface area contributed by atoms with Crippen LogP contribution in [-0.2, 0) is 46.3 Å². The Labute approximate surface area is 313 Å². The fraction of sp³-hybridized carbons (Fsp3) is 0.564. The van der Waals surface area contributed by atoms with E-state index in [1.807, 2.05) is 13.8 Å². The van der Waals surface area contributed by atoms with Crippen molar-refractivity contribution in [1.29, 1.82) is 0 Å². The van der Waals surface area contributed by atoms with Gasteiger partial charge >= 0.3 is 5.97 Å². The maximum atomic E-state index is 14.0. The van der Waals surface area contributed by atoms with Crippen molar-refractivity contribution >= 4 is 29.6 Å². The molecule has 0 spiro atoms. The number of aromatic hydroxyl groups is 1. The first-order valence-corrected chi connectivity index (χ1v) is 17.9. The van der Waals surface area contributed by atoms with Gasteiger partial charge in [0.05, 0.1) is 30.0 Å². The Morgan fingerprint density at radius 2 is 1.19 bits per heavy atom. The van der Waals surface area contributed by atoms with Gasteiger partial charge in [0.1, 0.15) is 23.9 Å². The molecule has 0 fully saturated rings. The standard InChI is InChI=1S/C39H59N5O9/c1-23(2)19-29(35(48)44-32(37(50)51)24(3)53-39(7,8)9)41-34(47)30(21-25-13-11-10-12-14-25)42-36(49)31(22-52-38(4,5)6)43-33(46)28(40)20-26-15-17-27(45)18-16-26/h10-18,23-24,28-32,45H,19-22,40H2,1-9H3,(H,41,47)(H,42,49)(H,43,46)(H,44,48)(H,50,51)/t24-,28+,29+,30+,31-,32+/m1/s1. The summed E-state index contributed by atoms with van der Waals surface area (Å²) in [7, 11) is 0. The van der Waals surface area contributed by atoms with Crippen LogP contribution in [0.5, 0.6) is 5.75 Å². The van der Waals surface area contributed by atoms with E-state index in [2.05, 4.69) is 21.3 Å². The number of benzene rings is 2. The van der Waals surface area contributed by atoms with Gasteiger partial charge in [-0.05, 0) is 90.5 Å². The van der Waals surface area contributed by atoms with Crippen LogP contribution >= 0.6 is 0 Å². The minimum atomic E-state index is -1.40. The molecule has 8 N–H and O–H groups in total. The molecule has 53 heavy (non-hydrogen) atoms. The van der Waals surface area contributed by atoms with Crippen LogP contribution in [-0.4, -0.2) is 93.9 Å². The van der Waals surface area contributed by atoms with Crippen LogP contribution in [0, 0.1) is 5.92 Å². The first-order valence-electron chi connectivity index (χ1n) is 17.9. The molecular weight excluding hydrogens is 682 g/mol. The molecule has 2 rings (SSSR count). The van der Waals surface area contributed by atoms with Crippen molar-refractivity contribution in [2.45, 2.75) is 129 Å². The Morgan fingerprint density at radius 3 is 1.72 bits per heavy atom. The third-order valence-electron chi connectivity index (χ3n) is 7.87. The molecule has 4 amide bonds. The van der Waals surface area contributed by atoms with Crippen molar-refractivity contribution in [1.82, 2.24) is 21.3 Å². The molecule has 0 aromatic heterocycles. The van der Waals surface area contributed by atoms with E-state index in [0.29, 0.717) is 11.1 Å². The second-order valence-corrected chi connectivity index (χ2v) is 15.7. The number of carbonyl (C=O) groups is 5. The minimum Gasteiger partial charge on any atom is -0.508 e. The van der Waals surface area contributed by atoms with Crippen molar-refractivity contribution in [3.05, 3.63) is 65.7 Å². The number of ether oxygens (including phenoxy) is 2. The molecule has 0 aliphatic carbocycles. The largest absolute Gasteiger partial charge is 0.508 e. The number of carbonyl (C=O) groups excluding carboxylic acids is 4. The minimum absolute atomic E-state index is 0.0315. The highest BCUT2D eigenvalue weighted by atomic mass is 16.5. The van der Waals surface area contributed by atoms with Gasteiger partial charge in [-0.25, -0.2) is 4.79 Å². The molecule has 0 heterocycles. The molecule has 0 bridgehead atoms. The molecule has 2 aromatic rings. The molecule has 2 aromatic carbocycles. The highest BCUT2D eigenvalue weighted by molar-refractivity contribution is 5.95. The zero-order valence-electron chi connectivity index (χ0n) is 32.4. The number of nitrogens with one attached hydrogen (secondary N) is 4. The number of rotatable bonds is 19. The fourth-order valence-electron chi connectivity index (χ4n) is 5.34. The van der Waals surface area contributed by atoms with Gasteiger partial charge in [0.15, 0.2) is 6.04 Å². The SMILES string of the molecule is CC(C)C[C@H](NC(=O)[C@H](Cc1ccccc1)NC(=O)[C@@H](COC(C)(C)C)NC(=O)[C@@H](N)Cc1ccc(O)cc1)C(=O)N[C@H](C(=O)O)[C@@H](C)OC(C)(C)C. The number of phenolic OH excluding ortho intramolecular Hbond substituents is 1. The topological polar surface area (TPSA) is 218 Å². The number of hydrogen-bond acceptors (Lipinski definition) is 9. The lowest BCUT2D eigenvalue weighted by Gasteiger charge is -2.31. The summed E-state index contributed by atoms with van der Waals surface area (Å²) in [5, 5.41) is 30.2. The number of phenols is 1. The number of carboxylic acid groups (broad SMARTS) is 1. The quantitative estimate of drug-likeness (QED) is 0.112.